The van der Waals surface area contributed by atoms with E-state index in [2.05, 4.69) is 5.32 Å². The number of ether oxygens (including phenoxy) is 1. The Morgan fingerprint density at radius 1 is 1.44 bits per heavy atom. The molecular formula is C10H12Cl2N2O2. The lowest BCUT2D eigenvalue weighted by Crippen LogP contribution is -2.20. The highest BCUT2D eigenvalue weighted by Gasteiger charge is 2.06. The van der Waals surface area contributed by atoms with Gasteiger partial charge in [-0.05, 0) is 18.2 Å². The predicted octanol–water partition coefficient (Wildman–Crippen LogP) is 1.91. The number of rotatable bonds is 5. The van der Waals surface area contributed by atoms with Crippen LogP contribution in [0.4, 0.5) is 5.69 Å². The molecular weight excluding hydrogens is 251 g/mol. The van der Waals surface area contributed by atoms with E-state index in [0.29, 0.717) is 28.9 Å². The molecule has 0 fully saturated rings. The fourth-order valence-electron chi connectivity index (χ4n) is 1.03. The van der Waals surface area contributed by atoms with Crippen molar-refractivity contribution in [3.63, 3.8) is 0 Å². The third kappa shape index (κ3) is 4.37. The van der Waals surface area contributed by atoms with E-state index in [1.54, 1.807) is 18.2 Å². The topological polar surface area (TPSA) is 64.3 Å². The van der Waals surface area contributed by atoms with Crippen molar-refractivity contribution < 1.29 is 9.53 Å². The quantitative estimate of drug-likeness (QED) is 0.797. The summed E-state index contributed by atoms with van der Waals surface area (Å²) in [6.07, 6.45) is 0. The number of amides is 1. The van der Waals surface area contributed by atoms with Crippen LogP contribution in [0.25, 0.3) is 0 Å². The lowest BCUT2D eigenvalue weighted by Gasteiger charge is -2.07. The van der Waals surface area contributed by atoms with Crippen LogP contribution >= 0.6 is 23.2 Å². The lowest BCUT2D eigenvalue weighted by atomic mass is 10.3. The minimum atomic E-state index is -0.280. The summed E-state index contributed by atoms with van der Waals surface area (Å²) in [5, 5.41) is 3.51. The Kier molecular flexibility index (Phi) is 5.55. The smallest absolute Gasteiger partial charge is 0.250 e. The van der Waals surface area contributed by atoms with Gasteiger partial charge >= 0.3 is 0 Å². The molecule has 0 spiro atoms. The summed E-state index contributed by atoms with van der Waals surface area (Å²) in [5.41, 5.74) is 5.72. The molecule has 0 bridgehead atoms. The highest BCUT2D eigenvalue weighted by Crippen LogP contribution is 2.25. The van der Waals surface area contributed by atoms with Gasteiger partial charge in [-0.1, -0.05) is 23.2 Å². The molecule has 16 heavy (non-hydrogen) atoms. The standard InChI is InChI=1S/C10H12Cl2N2O2/c11-7-1-2-9(8(12)5-7)14-10(15)6-16-4-3-13/h1-2,5H,3-4,6,13H2,(H,14,15). The van der Waals surface area contributed by atoms with Crippen LogP contribution in [0.3, 0.4) is 0 Å². The number of hydrogen-bond donors (Lipinski definition) is 2. The zero-order valence-electron chi connectivity index (χ0n) is 8.50. The Morgan fingerprint density at radius 3 is 2.81 bits per heavy atom. The van der Waals surface area contributed by atoms with Crippen LogP contribution in [-0.2, 0) is 9.53 Å². The van der Waals surface area contributed by atoms with Crippen molar-refractivity contribution >= 4 is 34.8 Å². The summed E-state index contributed by atoms with van der Waals surface area (Å²) in [5.74, 6) is -0.280. The van der Waals surface area contributed by atoms with E-state index in [1.165, 1.54) is 0 Å². The highest BCUT2D eigenvalue weighted by atomic mass is 35.5. The van der Waals surface area contributed by atoms with Gasteiger partial charge < -0.3 is 15.8 Å². The largest absolute Gasteiger partial charge is 0.370 e. The molecule has 0 aliphatic rings. The first-order valence-corrected chi connectivity index (χ1v) is 5.42. The van der Waals surface area contributed by atoms with Gasteiger partial charge in [-0.3, -0.25) is 4.79 Å². The summed E-state index contributed by atoms with van der Waals surface area (Å²) in [4.78, 5) is 11.4. The average Bonchev–Trinajstić information content (AvgIpc) is 2.23. The summed E-state index contributed by atoms with van der Waals surface area (Å²) in [6, 6.07) is 4.83. The molecule has 6 heteroatoms. The Hall–Kier alpha value is -0.810. The van der Waals surface area contributed by atoms with Crippen molar-refractivity contribution in [3.8, 4) is 0 Å². The molecule has 88 valence electrons. The van der Waals surface area contributed by atoms with E-state index in [0.717, 1.165) is 0 Å². The first-order valence-electron chi connectivity index (χ1n) is 4.66. The second-order valence-electron chi connectivity index (χ2n) is 3.01. The molecule has 0 heterocycles. The van der Waals surface area contributed by atoms with Crippen LogP contribution in [0.2, 0.25) is 10.0 Å². The van der Waals surface area contributed by atoms with Crippen LogP contribution in [0, 0.1) is 0 Å². The van der Waals surface area contributed by atoms with Gasteiger partial charge in [0, 0.05) is 11.6 Å². The van der Waals surface area contributed by atoms with E-state index in [-0.39, 0.29) is 12.5 Å². The van der Waals surface area contributed by atoms with Crippen molar-refractivity contribution in [2.75, 3.05) is 25.1 Å². The van der Waals surface area contributed by atoms with Crippen molar-refractivity contribution in [2.45, 2.75) is 0 Å². The van der Waals surface area contributed by atoms with Crippen molar-refractivity contribution in [1.82, 2.24) is 0 Å². The molecule has 0 aliphatic heterocycles. The molecule has 1 aromatic carbocycles. The van der Waals surface area contributed by atoms with Gasteiger partial charge in [0.2, 0.25) is 5.91 Å². The van der Waals surface area contributed by atoms with Crippen LogP contribution in [0.5, 0.6) is 0 Å². The van der Waals surface area contributed by atoms with Gasteiger partial charge in [-0.15, -0.1) is 0 Å². The molecule has 0 aromatic heterocycles. The number of nitrogens with two attached hydrogens (primary N) is 1. The Morgan fingerprint density at radius 2 is 2.19 bits per heavy atom. The molecule has 1 rings (SSSR count). The normalized spacial score (nSPS) is 10.2. The summed E-state index contributed by atoms with van der Waals surface area (Å²) >= 11 is 11.6. The third-order valence-corrected chi connectivity index (χ3v) is 2.25. The molecule has 1 aromatic rings. The van der Waals surface area contributed by atoms with Gasteiger partial charge in [0.05, 0.1) is 17.3 Å². The molecule has 0 aliphatic carbocycles. The van der Waals surface area contributed by atoms with Crippen LogP contribution in [-0.4, -0.2) is 25.7 Å². The maximum Gasteiger partial charge on any atom is 0.250 e. The number of nitrogens with one attached hydrogen (secondary N) is 1. The summed E-state index contributed by atoms with van der Waals surface area (Å²) in [7, 11) is 0. The maximum atomic E-state index is 11.4. The Balaban J connectivity index is 2.49. The molecule has 1 amide bonds. The maximum absolute atomic E-state index is 11.4. The van der Waals surface area contributed by atoms with E-state index >= 15 is 0 Å². The first kappa shape index (κ1) is 13.3. The molecule has 0 saturated carbocycles. The highest BCUT2D eigenvalue weighted by molar-refractivity contribution is 6.36. The van der Waals surface area contributed by atoms with Crippen molar-refractivity contribution in [3.05, 3.63) is 28.2 Å². The van der Waals surface area contributed by atoms with Crippen LogP contribution in [0.1, 0.15) is 0 Å². The number of hydrogen-bond acceptors (Lipinski definition) is 3. The zero-order chi connectivity index (χ0) is 12.0. The van der Waals surface area contributed by atoms with Crippen molar-refractivity contribution in [2.24, 2.45) is 5.73 Å². The third-order valence-electron chi connectivity index (χ3n) is 1.70. The van der Waals surface area contributed by atoms with E-state index < -0.39 is 0 Å². The summed E-state index contributed by atoms with van der Waals surface area (Å²) < 4.78 is 4.97. The average molecular weight is 263 g/mol. The van der Waals surface area contributed by atoms with Crippen molar-refractivity contribution in [1.29, 1.82) is 0 Å². The van der Waals surface area contributed by atoms with Gasteiger partial charge in [0.15, 0.2) is 0 Å². The fraction of sp³-hybridized carbons (Fsp3) is 0.300. The van der Waals surface area contributed by atoms with Gasteiger partial charge in [-0.25, -0.2) is 0 Å². The van der Waals surface area contributed by atoms with E-state index in [4.69, 9.17) is 33.7 Å². The monoisotopic (exact) mass is 262 g/mol. The van der Waals surface area contributed by atoms with E-state index in [1.807, 2.05) is 0 Å². The number of carbonyl (C=O) groups is 1. The van der Waals surface area contributed by atoms with Crippen LogP contribution in [0.15, 0.2) is 18.2 Å². The number of anilines is 1. The minimum absolute atomic E-state index is 0.0455. The van der Waals surface area contributed by atoms with Crippen LogP contribution < -0.4 is 11.1 Å². The summed E-state index contributed by atoms with van der Waals surface area (Å²) in [6.45, 7) is 0.687. The number of benzene rings is 1. The zero-order valence-corrected chi connectivity index (χ0v) is 10.0. The van der Waals surface area contributed by atoms with Gasteiger partial charge in [-0.2, -0.15) is 0 Å². The molecule has 3 N–H and O–H groups in total. The molecule has 0 unspecified atom stereocenters. The van der Waals surface area contributed by atoms with Gasteiger partial charge in [0.25, 0.3) is 0 Å². The molecule has 4 nitrogen and oxygen atoms in total. The molecule has 0 atom stereocenters. The predicted molar refractivity (Wildman–Crippen MR) is 65.0 cm³/mol. The van der Waals surface area contributed by atoms with Gasteiger partial charge in [0.1, 0.15) is 6.61 Å². The fourth-order valence-corrected chi connectivity index (χ4v) is 1.48. The number of carbonyl (C=O) groups excluding carboxylic acids is 1. The second kappa shape index (κ2) is 6.70. The Labute approximate surface area is 104 Å². The SMILES string of the molecule is NCCOCC(=O)Nc1ccc(Cl)cc1Cl. The Bertz CT molecular complexity index is 372. The minimum Gasteiger partial charge on any atom is -0.370 e. The second-order valence-corrected chi connectivity index (χ2v) is 3.86. The number of halogens is 2. The lowest BCUT2D eigenvalue weighted by molar-refractivity contribution is -0.120. The molecule has 0 radical (unpaired) electrons. The molecule has 0 saturated heterocycles. The van der Waals surface area contributed by atoms with E-state index in [9.17, 15) is 4.79 Å². The first-order chi connectivity index (χ1) is 7.63.